The summed E-state index contributed by atoms with van der Waals surface area (Å²) in [5.74, 6) is 0.584. The smallest absolute Gasteiger partial charge is 0.274 e. The number of fused-ring (bicyclic) bond motifs is 2. The van der Waals surface area contributed by atoms with Crippen LogP contribution in [0.4, 0.5) is 5.69 Å². The zero-order valence-corrected chi connectivity index (χ0v) is 16.3. The summed E-state index contributed by atoms with van der Waals surface area (Å²) >= 11 is 0. The largest absolute Gasteiger partial charge is 0.440 e. The molecule has 1 aliphatic heterocycles. The number of hydrogen-bond donors (Lipinski definition) is 2. The molecule has 0 spiro atoms. The minimum absolute atomic E-state index is 0.101. The van der Waals surface area contributed by atoms with Gasteiger partial charge in [0.1, 0.15) is 5.75 Å². The van der Waals surface area contributed by atoms with Crippen LogP contribution in [0.2, 0.25) is 0 Å². The highest BCUT2D eigenvalue weighted by Gasteiger charge is 2.26. The van der Waals surface area contributed by atoms with E-state index in [1.54, 1.807) is 6.66 Å². The number of para-hydroxylation sites is 1. The monoisotopic (exact) mass is 389 g/mol. The van der Waals surface area contributed by atoms with Crippen LogP contribution in [0.5, 0.6) is 5.75 Å². The van der Waals surface area contributed by atoms with Crippen LogP contribution >= 0.6 is 7.37 Å². The normalized spacial score (nSPS) is 17.7. The Morgan fingerprint density at radius 2 is 1.82 bits per heavy atom. The summed E-state index contributed by atoms with van der Waals surface area (Å²) in [5, 5.41) is 12.9. The molecule has 0 amide bonds. The summed E-state index contributed by atoms with van der Waals surface area (Å²) in [7, 11) is -2.96. The van der Waals surface area contributed by atoms with Crippen molar-refractivity contribution in [2.24, 2.45) is 0 Å². The Bertz CT molecular complexity index is 1180. The lowest BCUT2D eigenvalue weighted by Crippen LogP contribution is -2.08. The number of rotatable bonds is 4. The Hall–Kier alpha value is -3.04. The number of aromatic nitrogens is 2. The molecular weight excluding hydrogens is 369 g/mol. The molecule has 1 aromatic heterocycles. The van der Waals surface area contributed by atoms with Crippen LogP contribution < -0.4 is 15.1 Å². The molecule has 2 atom stereocenters. The predicted molar refractivity (Wildman–Crippen MR) is 113 cm³/mol. The van der Waals surface area contributed by atoms with Crippen molar-refractivity contribution < 1.29 is 9.09 Å². The van der Waals surface area contributed by atoms with Gasteiger partial charge >= 0.3 is 0 Å². The second-order valence-electron chi connectivity index (χ2n) is 7.15. The molecule has 0 saturated heterocycles. The molecule has 1 aliphatic rings. The highest BCUT2D eigenvalue weighted by atomic mass is 31.2. The van der Waals surface area contributed by atoms with Gasteiger partial charge in [-0.3, -0.25) is 9.66 Å². The Morgan fingerprint density at radius 3 is 2.64 bits per heavy atom. The molecule has 4 aromatic rings. The topological polar surface area (TPSA) is 67.0 Å². The van der Waals surface area contributed by atoms with Gasteiger partial charge in [-0.25, -0.2) is 0 Å². The molecule has 6 heteroatoms. The molecule has 0 saturated carbocycles. The molecule has 5 nitrogen and oxygen atoms in total. The van der Waals surface area contributed by atoms with E-state index in [0.29, 0.717) is 11.1 Å². The zero-order chi connectivity index (χ0) is 19.1. The molecule has 2 N–H and O–H groups in total. The van der Waals surface area contributed by atoms with Crippen molar-refractivity contribution in [2.45, 2.75) is 12.5 Å². The standard InChI is InChI=1S/C22H20N3O2P/c1-28(26,17-8-3-2-4-9-17)27-16-11-12-20-18(14-16)22(25-24-20)21-13-15-7-5-6-10-19(15)23-21/h2-12,14,21,23H,13H2,1H3,(H,24,25). The first-order valence-electron chi connectivity index (χ1n) is 9.25. The van der Waals surface area contributed by atoms with Crippen molar-refractivity contribution in [3.63, 3.8) is 0 Å². The van der Waals surface area contributed by atoms with E-state index in [1.165, 1.54) is 5.56 Å². The Morgan fingerprint density at radius 1 is 1.04 bits per heavy atom. The first-order chi connectivity index (χ1) is 13.6. The zero-order valence-electron chi connectivity index (χ0n) is 15.4. The van der Waals surface area contributed by atoms with Crippen molar-refractivity contribution in [1.82, 2.24) is 10.2 Å². The van der Waals surface area contributed by atoms with E-state index in [1.807, 2.05) is 54.6 Å². The van der Waals surface area contributed by atoms with E-state index in [-0.39, 0.29) is 6.04 Å². The van der Waals surface area contributed by atoms with Crippen molar-refractivity contribution >= 4 is 29.3 Å². The quantitative estimate of drug-likeness (QED) is 0.488. The van der Waals surface area contributed by atoms with Gasteiger partial charge in [0.15, 0.2) is 0 Å². The van der Waals surface area contributed by atoms with Crippen molar-refractivity contribution in [3.8, 4) is 5.75 Å². The summed E-state index contributed by atoms with van der Waals surface area (Å²) < 4.78 is 19.0. The van der Waals surface area contributed by atoms with Crippen molar-refractivity contribution in [3.05, 3.63) is 84.1 Å². The van der Waals surface area contributed by atoms with Crippen LogP contribution in [-0.2, 0) is 11.0 Å². The third-order valence-electron chi connectivity index (χ3n) is 5.17. The Labute approximate surface area is 163 Å². The Balaban J connectivity index is 1.47. The first-order valence-corrected chi connectivity index (χ1v) is 11.3. The van der Waals surface area contributed by atoms with E-state index in [9.17, 15) is 4.57 Å². The lowest BCUT2D eigenvalue weighted by atomic mass is 10.0. The minimum atomic E-state index is -2.96. The lowest BCUT2D eigenvalue weighted by Gasteiger charge is -2.16. The third-order valence-corrected chi connectivity index (χ3v) is 6.97. The maximum atomic E-state index is 13.1. The maximum absolute atomic E-state index is 13.1. The second kappa shape index (κ2) is 6.54. The van der Waals surface area contributed by atoms with Crippen LogP contribution in [0.3, 0.4) is 0 Å². The molecule has 0 fully saturated rings. The highest BCUT2D eigenvalue weighted by Crippen LogP contribution is 2.43. The van der Waals surface area contributed by atoms with E-state index >= 15 is 0 Å². The highest BCUT2D eigenvalue weighted by molar-refractivity contribution is 7.66. The number of H-pyrrole nitrogens is 1. The van der Waals surface area contributed by atoms with Crippen LogP contribution in [0, 0.1) is 0 Å². The van der Waals surface area contributed by atoms with Crippen LogP contribution in [0.25, 0.3) is 10.9 Å². The maximum Gasteiger partial charge on any atom is 0.274 e. The fourth-order valence-corrected chi connectivity index (χ4v) is 5.09. The van der Waals surface area contributed by atoms with Gasteiger partial charge in [0, 0.05) is 29.5 Å². The van der Waals surface area contributed by atoms with Crippen LogP contribution in [-0.4, -0.2) is 16.9 Å². The van der Waals surface area contributed by atoms with E-state index in [0.717, 1.165) is 28.7 Å². The molecule has 2 heterocycles. The SMILES string of the molecule is CP(=O)(Oc1ccc2[nH]nc(C3Cc4ccccc4N3)c2c1)c1ccccc1. The number of nitrogens with one attached hydrogen (secondary N) is 2. The van der Waals surface area contributed by atoms with Gasteiger partial charge in [0.05, 0.1) is 17.3 Å². The molecule has 140 valence electrons. The minimum Gasteiger partial charge on any atom is -0.440 e. The van der Waals surface area contributed by atoms with Gasteiger partial charge in [-0.15, -0.1) is 0 Å². The summed E-state index contributed by atoms with van der Waals surface area (Å²) in [6.45, 7) is 1.65. The molecule has 5 rings (SSSR count). The summed E-state index contributed by atoms with van der Waals surface area (Å²) in [6, 6.07) is 23.4. The van der Waals surface area contributed by atoms with Crippen molar-refractivity contribution in [2.75, 3.05) is 12.0 Å². The van der Waals surface area contributed by atoms with Gasteiger partial charge in [0.25, 0.3) is 7.37 Å². The fraction of sp³-hybridized carbons (Fsp3) is 0.136. The van der Waals surface area contributed by atoms with Gasteiger partial charge in [-0.2, -0.15) is 5.10 Å². The number of hydrogen-bond acceptors (Lipinski definition) is 4. The van der Waals surface area contributed by atoms with E-state index < -0.39 is 7.37 Å². The average Bonchev–Trinajstić information content (AvgIpc) is 3.31. The molecular formula is C22H20N3O2P. The van der Waals surface area contributed by atoms with Gasteiger partial charge < -0.3 is 9.84 Å². The second-order valence-corrected chi connectivity index (χ2v) is 9.54. The Kier molecular flexibility index (Phi) is 3.99. The summed E-state index contributed by atoms with van der Waals surface area (Å²) in [5.41, 5.74) is 4.32. The van der Waals surface area contributed by atoms with Gasteiger partial charge in [0.2, 0.25) is 0 Å². The molecule has 0 aliphatic carbocycles. The van der Waals surface area contributed by atoms with Gasteiger partial charge in [-0.1, -0.05) is 36.4 Å². The molecule has 0 radical (unpaired) electrons. The van der Waals surface area contributed by atoms with Crippen LogP contribution in [0.1, 0.15) is 17.3 Å². The van der Waals surface area contributed by atoms with Crippen LogP contribution in [0.15, 0.2) is 72.8 Å². The van der Waals surface area contributed by atoms with E-state index in [2.05, 4.69) is 33.7 Å². The number of benzene rings is 3. The summed E-state index contributed by atoms with van der Waals surface area (Å²) in [6.07, 6.45) is 0.886. The molecule has 2 unspecified atom stereocenters. The predicted octanol–water partition coefficient (Wildman–Crippen LogP) is 4.88. The number of anilines is 1. The first kappa shape index (κ1) is 17.1. The number of nitrogens with zero attached hydrogens (tertiary/aromatic N) is 1. The summed E-state index contributed by atoms with van der Waals surface area (Å²) in [4.78, 5) is 0. The van der Waals surface area contributed by atoms with Gasteiger partial charge in [-0.05, 0) is 42.0 Å². The molecule has 0 bridgehead atoms. The van der Waals surface area contributed by atoms with Crippen molar-refractivity contribution in [1.29, 1.82) is 0 Å². The molecule has 28 heavy (non-hydrogen) atoms. The fourth-order valence-electron chi connectivity index (χ4n) is 3.75. The lowest BCUT2D eigenvalue weighted by molar-refractivity contribution is 0.499. The van der Waals surface area contributed by atoms with E-state index in [4.69, 9.17) is 4.52 Å². The number of aromatic amines is 1. The molecule has 3 aromatic carbocycles. The third kappa shape index (κ3) is 2.98. The average molecular weight is 389 g/mol.